The van der Waals surface area contributed by atoms with Gasteiger partial charge in [-0.15, -0.1) is 0 Å². The van der Waals surface area contributed by atoms with Crippen LogP contribution in [0.2, 0.25) is 0 Å². The number of hydrogen-bond donors (Lipinski definition) is 0. The van der Waals surface area contributed by atoms with E-state index >= 15 is 0 Å². The first-order chi connectivity index (χ1) is 15.5. The molecule has 32 heavy (non-hydrogen) atoms. The van der Waals surface area contributed by atoms with Crippen molar-refractivity contribution in [2.24, 2.45) is 5.92 Å². The van der Waals surface area contributed by atoms with Crippen LogP contribution in [0.25, 0.3) is 0 Å². The SMILES string of the molecule is C=CCOc1ccc2c(c1F)Oc1c(cc(CCC3CCC(CCC)CO3)c(F)c1F)C2. The molecule has 0 saturated carbocycles. The lowest BCUT2D eigenvalue weighted by Crippen LogP contribution is -2.26. The van der Waals surface area contributed by atoms with Crippen molar-refractivity contribution in [3.05, 3.63) is 65.0 Å². The van der Waals surface area contributed by atoms with E-state index in [2.05, 4.69) is 13.5 Å². The average molecular weight is 447 g/mol. The number of benzene rings is 2. The highest BCUT2D eigenvalue weighted by molar-refractivity contribution is 5.54. The average Bonchev–Trinajstić information content (AvgIpc) is 2.80. The number of hydrogen-bond acceptors (Lipinski definition) is 3. The van der Waals surface area contributed by atoms with Crippen molar-refractivity contribution in [3.63, 3.8) is 0 Å². The molecule has 1 saturated heterocycles. The maximum absolute atomic E-state index is 14.9. The normalized spacial score (nSPS) is 19.6. The second-order valence-corrected chi connectivity index (χ2v) is 8.62. The van der Waals surface area contributed by atoms with Crippen molar-refractivity contribution in [2.45, 2.75) is 58.0 Å². The van der Waals surface area contributed by atoms with Gasteiger partial charge in [0.2, 0.25) is 11.6 Å². The Morgan fingerprint density at radius 3 is 2.59 bits per heavy atom. The Balaban J connectivity index is 1.48. The van der Waals surface area contributed by atoms with Gasteiger partial charge in [-0.1, -0.05) is 32.1 Å². The smallest absolute Gasteiger partial charge is 0.207 e. The predicted molar refractivity (Wildman–Crippen MR) is 117 cm³/mol. The molecule has 2 aliphatic heterocycles. The first kappa shape index (κ1) is 22.7. The molecule has 172 valence electrons. The van der Waals surface area contributed by atoms with Crippen LogP contribution in [-0.4, -0.2) is 19.3 Å². The van der Waals surface area contributed by atoms with E-state index in [0.29, 0.717) is 35.4 Å². The highest BCUT2D eigenvalue weighted by Gasteiger charge is 2.29. The van der Waals surface area contributed by atoms with Crippen molar-refractivity contribution in [2.75, 3.05) is 13.2 Å². The van der Waals surface area contributed by atoms with Crippen LogP contribution in [0, 0.1) is 23.4 Å². The van der Waals surface area contributed by atoms with Gasteiger partial charge in [0.1, 0.15) is 6.61 Å². The lowest BCUT2D eigenvalue weighted by atomic mass is 9.91. The highest BCUT2D eigenvalue weighted by atomic mass is 19.2. The van der Waals surface area contributed by atoms with E-state index in [0.717, 1.165) is 25.9 Å². The molecule has 6 heteroatoms. The highest BCUT2D eigenvalue weighted by Crippen LogP contribution is 2.43. The van der Waals surface area contributed by atoms with Crippen LogP contribution in [0.4, 0.5) is 13.2 Å². The Kier molecular flexibility index (Phi) is 7.09. The number of fused-ring (bicyclic) bond motifs is 2. The third kappa shape index (κ3) is 4.65. The summed E-state index contributed by atoms with van der Waals surface area (Å²) in [4.78, 5) is 0. The van der Waals surface area contributed by atoms with E-state index in [1.54, 1.807) is 12.1 Å². The molecule has 2 aliphatic rings. The largest absolute Gasteiger partial charge is 0.486 e. The third-order valence-electron chi connectivity index (χ3n) is 6.30. The van der Waals surface area contributed by atoms with E-state index in [-0.39, 0.29) is 36.4 Å². The number of aryl methyl sites for hydroxylation is 1. The molecular weight excluding hydrogens is 417 g/mol. The summed E-state index contributed by atoms with van der Waals surface area (Å²) in [6, 6.07) is 4.84. The Morgan fingerprint density at radius 1 is 1.06 bits per heavy atom. The number of halogens is 3. The first-order valence-electron chi connectivity index (χ1n) is 11.4. The van der Waals surface area contributed by atoms with Gasteiger partial charge in [0.25, 0.3) is 0 Å². The molecular formula is C26H29F3O3. The quantitative estimate of drug-likeness (QED) is 0.353. The van der Waals surface area contributed by atoms with Crippen molar-refractivity contribution < 1.29 is 27.4 Å². The van der Waals surface area contributed by atoms with Crippen LogP contribution >= 0.6 is 0 Å². The predicted octanol–water partition coefficient (Wildman–Crippen LogP) is 6.89. The van der Waals surface area contributed by atoms with Gasteiger partial charge in [0.15, 0.2) is 23.1 Å². The minimum absolute atomic E-state index is 0.0155. The molecule has 0 spiro atoms. The Bertz CT molecular complexity index is 981. The van der Waals surface area contributed by atoms with Crippen molar-refractivity contribution in [1.29, 1.82) is 0 Å². The number of ether oxygens (including phenoxy) is 3. The standard InChI is InChI=1S/C26H29F3O3/c1-3-5-16-6-9-20(31-15-16)10-7-17-13-19-14-18-8-11-21(30-12-4-2)23(28)25(18)32-26(19)24(29)22(17)27/h4,8,11,13,16,20H,2-3,5-7,9-10,12,14-15H2,1H3. The van der Waals surface area contributed by atoms with E-state index in [4.69, 9.17) is 14.2 Å². The zero-order chi connectivity index (χ0) is 22.7. The molecule has 0 amide bonds. The van der Waals surface area contributed by atoms with Crippen LogP contribution in [-0.2, 0) is 17.6 Å². The molecule has 2 aromatic rings. The maximum atomic E-state index is 14.9. The molecule has 0 bridgehead atoms. The van der Waals surface area contributed by atoms with Gasteiger partial charge in [-0.3, -0.25) is 0 Å². The summed E-state index contributed by atoms with van der Waals surface area (Å²) in [6.07, 6.45) is 7.23. The van der Waals surface area contributed by atoms with Crippen molar-refractivity contribution >= 4 is 0 Å². The van der Waals surface area contributed by atoms with Crippen molar-refractivity contribution in [1.82, 2.24) is 0 Å². The molecule has 0 N–H and O–H groups in total. The van der Waals surface area contributed by atoms with Gasteiger partial charge in [0, 0.05) is 24.2 Å². The summed E-state index contributed by atoms with van der Waals surface area (Å²) >= 11 is 0. The fraction of sp³-hybridized carbons (Fsp3) is 0.462. The lowest BCUT2D eigenvalue weighted by Gasteiger charge is -2.29. The third-order valence-corrected chi connectivity index (χ3v) is 6.30. The monoisotopic (exact) mass is 446 g/mol. The van der Waals surface area contributed by atoms with Gasteiger partial charge >= 0.3 is 0 Å². The molecule has 2 unspecified atom stereocenters. The van der Waals surface area contributed by atoms with Crippen molar-refractivity contribution in [3.8, 4) is 17.2 Å². The maximum Gasteiger partial charge on any atom is 0.207 e. The summed E-state index contributed by atoms with van der Waals surface area (Å²) in [5.74, 6) is -2.53. The minimum Gasteiger partial charge on any atom is -0.486 e. The van der Waals surface area contributed by atoms with Gasteiger partial charge in [0.05, 0.1) is 6.10 Å². The van der Waals surface area contributed by atoms with Crippen LogP contribution in [0.3, 0.4) is 0 Å². The molecule has 0 aromatic heterocycles. The van der Waals surface area contributed by atoms with Gasteiger partial charge in [-0.05, 0) is 55.7 Å². The van der Waals surface area contributed by atoms with Gasteiger partial charge in [-0.2, -0.15) is 8.78 Å². The summed E-state index contributed by atoms with van der Waals surface area (Å²) in [6.45, 7) is 6.57. The zero-order valence-electron chi connectivity index (χ0n) is 18.4. The fourth-order valence-electron chi connectivity index (χ4n) is 4.58. The van der Waals surface area contributed by atoms with Crippen LogP contribution < -0.4 is 9.47 Å². The summed E-state index contributed by atoms with van der Waals surface area (Å²) < 4.78 is 61.2. The molecule has 0 radical (unpaired) electrons. The summed E-state index contributed by atoms with van der Waals surface area (Å²) in [5.41, 5.74) is 1.38. The first-order valence-corrected chi connectivity index (χ1v) is 11.4. The van der Waals surface area contributed by atoms with Gasteiger partial charge < -0.3 is 14.2 Å². The number of rotatable bonds is 8. The molecule has 0 aliphatic carbocycles. The molecule has 2 aromatic carbocycles. The van der Waals surface area contributed by atoms with Crippen LogP contribution in [0.15, 0.2) is 30.9 Å². The summed E-state index contributed by atoms with van der Waals surface area (Å²) in [7, 11) is 0. The second-order valence-electron chi connectivity index (χ2n) is 8.62. The Morgan fingerprint density at radius 2 is 1.88 bits per heavy atom. The minimum atomic E-state index is -1.08. The zero-order valence-corrected chi connectivity index (χ0v) is 18.4. The lowest BCUT2D eigenvalue weighted by molar-refractivity contribution is -0.0216. The topological polar surface area (TPSA) is 27.7 Å². The molecule has 3 nitrogen and oxygen atoms in total. The fourth-order valence-corrected chi connectivity index (χ4v) is 4.58. The molecule has 4 rings (SSSR count). The van der Waals surface area contributed by atoms with E-state index < -0.39 is 17.5 Å². The molecule has 2 heterocycles. The van der Waals surface area contributed by atoms with E-state index in [9.17, 15) is 13.2 Å². The second kappa shape index (κ2) is 9.99. The van der Waals surface area contributed by atoms with Crippen LogP contribution in [0.5, 0.6) is 17.2 Å². The molecule has 2 atom stereocenters. The van der Waals surface area contributed by atoms with E-state index in [1.165, 1.54) is 18.6 Å². The van der Waals surface area contributed by atoms with Crippen LogP contribution in [0.1, 0.15) is 55.7 Å². The van der Waals surface area contributed by atoms with E-state index in [1.807, 2.05) is 0 Å². The van der Waals surface area contributed by atoms with Gasteiger partial charge in [-0.25, -0.2) is 4.39 Å². The Labute approximate surface area is 187 Å². The molecule has 1 fully saturated rings. The summed E-state index contributed by atoms with van der Waals surface area (Å²) in [5, 5.41) is 0. The Hall–Kier alpha value is -2.47.